The van der Waals surface area contributed by atoms with Crippen molar-refractivity contribution in [3.8, 4) is 0 Å². The number of hydrogen-bond acceptors (Lipinski definition) is 0. The monoisotopic (exact) mass is 162 g/mol. The molecule has 0 nitrogen and oxygen atoms in total. The minimum Gasteiger partial charge on any atom is -0.346 e. The molecule has 0 bridgehead atoms. The van der Waals surface area contributed by atoms with Gasteiger partial charge in [-0.05, 0) is 0 Å². The predicted octanol–water partition coefficient (Wildman–Crippen LogP) is 2.55. The van der Waals surface area contributed by atoms with Crippen LogP contribution in [0.3, 0.4) is 0 Å². The molecular formula is C9H14Ca. The molecule has 1 aliphatic carbocycles. The second-order valence-corrected chi connectivity index (χ2v) is 1.66. The van der Waals surface area contributed by atoms with Gasteiger partial charge in [-0.2, -0.15) is 13.0 Å². The Morgan fingerprint density at radius 3 is 2.40 bits per heavy atom. The summed E-state index contributed by atoms with van der Waals surface area (Å²) in [4.78, 5) is 0. The second-order valence-electron chi connectivity index (χ2n) is 1.66. The fourth-order valence-electron chi connectivity index (χ4n) is 0.693. The van der Waals surface area contributed by atoms with Crippen molar-refractivity contribution in [2.75, 3.05) is 0 Å². The molecule has 0 aromatic rings. The van der Waals surface area contributed by atoms with Crippen molar-refractivity contribution in [1.29, 1.82) is 0 Å². The first kappa shape index (κ1) is 13.3. The molecule has 0 saturated heterocycles. The van der Waals surface area contributed by atoms with Gasteiger partial charge in [-0.25, -0.2) is 11.6 Å². The maximum absolute atomic E-state index is 3.25. The summed E-state index contributed by atoms with van der Waals surface area (Å²) in [5, 5.41) is 0. The van der Waals surface area contributed by atoms with E-state index in [1.54, 1.807) is 6.92 Å². The number of allylic oxidation sites excluding steroid dienone is 4. The maximum atomic E-state index is 3.25. The van der Waals surface area contributed by atoms with E-state index >= 15 is 0 Å². The van der Waals surface area contributed by atoms with Crippen molar-refractivity contribution in [2.24, 2.45) is 0 Å². The van der Waals surface area contributed by atoms with Crippen LogP contribution in [-0.2, 0) is 0 Å². The van der Waals surface area contributed by atoms with Crippen molar-refractivity contribution in [1.82, 2.24) is 0 Å². The van der Waals surface area contributed by atoms with Gasteiger partial charge >= 0.3 is 37.7 Å². The molecule has 0 saturated carbocycles. The summed E-state index contributed by atoms with van der Waals surface area (Å²) in [7, 11) is 0. The molecular weight excluding hydrogens is 148 g/mol. The predicted molar refractivity (Wildman–Crippen MR) is 47.6 cm³/mol. The molecule has 52 valence electrons. The van der Waals surface area contributed by atoms with E-state index in [1.807, 2.05) is 0 Å². The van der Waals surface area contributed by atoms with Crippen LogP contribution >= 0.6 is 0 Å². The van der Waals surface area contributed by atoms with Gasteiger partial charge in [0.15, 0.2) is 0 Å². The maximum Gasteiger partial charge on any atom is 2.00 e. The van der Waals surface area contributed by atoms with Crippen molar-refractivity contribution in [3.05, 3.63) is 30.7 Å². The summed E-state index contributed by atoms with van der Waals surface area (Å²) < 4.78 is 0. The number of rotatable bonds is 1. The molecule has 0 heterocycles. The van der Waals surface area contributed by atoms with Crippen LogP contribution < -0.4 is 0 Å². The second kappa shape index (κ2) is 9.74. The molecule has 0 aromatic heterocycles. The molecule has 1 aliphatic rings. The van der Waals surface area contributed by atoms with Crippen LogP contribution in [0.4, 0.5) is 0 Å². The first-order chi connectivity index (χ1) is 4.43. The molecule has 0 unspecified atom stereocenters. The normalized spacial score (nSPS) is 12.9. The topological polar surface area (TPSA) is 0 Å². The van der Waals surface area contributed by atoms with Gasteiger partial charge in [-0.3, -0.25) is 6.08 Å². The van der Waals surface area contributed by atoms with E-state index in [4.69, 9.17) is 0 Å². The Morgan fingerprint density at radius 1 is 1.60 bits per heavy atom. The van der Waals surface area contributed by atoms with E-state index in [0.717, 1.165) is 12.8 Å². The summed E-state index contributed by atoms with van der Waals surface area (Å²) in [5.74, 6) is 0. The zero-order valence-corrected chi connectivity index (χ0v) is 9.19. The van der Waals surface area contributed by atoms with Crippen molar-refractivity contribution >= 4 is 37.7 Å². The Labute approximate surface area is 94.4 Å². The van der Waals surface area contributed by atoms with Gasteiger partial charge in [0.1, 0.15) is 0 Å². The Hall–Kier alpha value is 0.740. The van der Waals surface area contributed by atoms with Crippen LogP contribution in [-0.4, -0.2) is 37.7 Å². The molecule has 1 rings (SSSR count). The molecule has 0 radical (unpaired) electrons. The van der Waals surface area contributed by atoms with Gasteiger partial charge in [0.25, 0.3) is 0 Å². The van der Waals surface area contributed by atoms with Crippen LogP contribution in [0.1, 0.15) is 26.7 Å². The van der Waals surface area contributed by atoms with Gasteiger partial charge in [0, 0.05) is 0 Å². The van der Waals surface area contributed by atoms with Crippen LogP contribution in [0.15, 0.2) is 17.7 Å². The Bertz CT molecular complexity index is 112. The Balaban J connectivity index is 0. The standard InChI is InChI=1S/C7H9.C2H5.Ca/c1-2-7-5-3-4-6-7;1-2;/h3,5H,2,4H2,1H3;1H2,2H3;/q2*-1;+2. The van der Waals surface area contributed by atoms with E-state index in [9.17, 15) is 0 Å². The minimum absolute atomic E-state index is 0. The number of hydrogen-bond donors (Lipinski definition) is 0. The van der Waals surface area contributed by atoms with Gasteiger partial charge in [-0.1, -0.05) is 13.3 Å². The van der Waals surface area contributed by atoms with Gasteiger partial charge < -0.3 is 6.92 Å². The average Bonchev–Trinajstić information content (AvgIpc) is 2.43. The minimum atomic E-state index is 0. The third kappa shape index (κ3) is 5.52. The summed E-state index contributed by atoms with van der Waals surface area (Å²) in [5.41, 5.74) is 1.36. The molecule has 0 fully saturated rings. The zero-order chi connectivity index (χ0) is 7.11. The molecule has 0 amide bonds. The molecule has 0 aliphatic heterocycles. The third-order valence-corrected chi connectivity index (χ3v) is 1.15. The summed E-state index contributed by atoms with van der Waals surface area (Å²) >= 11 is 0. The van der Waals surface area contributed by atoms with Gasteiger partial charge in [0.05, 0.1) is 0 Å². The third-order valence-electron chi connectivity index (χ3n) is 1.15. The molecule has 0 N–H and O–H groups in total. The molecule has 0 spiro atoms. The van der Waals surface area contributed by atoms with Crippen molar-refractivity contribution < 1.29 is 0 Å². The summed E-state index contributed by atoms with van der Waals surface area (Å²) in [6, 6.07) is 0. The van der Waals surface area contributed by atoms with E-state index in [2.05, 4.69) is 32.1 Å². The molecule has 10 heavy (non-hydrogen) atoms. The Morgan fingerprint density at radius 2 is 2.20 bits per heavy atom. The zero-order valence-electron chi connectivity index (χ0n) is 6.98. The first-order valence-corrected chi connectivity index (χ1v) is 3.40. The van der Waals surface area contributed by atoms with Gasteiger partial charge in [-0.15, -0.1) is 6.42 Å². The SMILES string of the molecule is CCC1=[C-]CC=C1.[CH2-]C.[Ca+2]. The smallest absolute Gasteiger partial charge is 0.346 e. The van der Waals surface area contributed by atoms with E-state index in [-0.39, 0.29) is 37.7 Å². The largest absolute Gasteiger partial charge is 2.00 e. The summed E-state index contributed by atoms with van der Waals surface area (Å²) in [6.07, 6.45) is 9.65. The van der Waals surface area contributed by atoms with E-state index in [1.165, 1.54) is 5.57 Å². The van der Waals surface area contributed by atoms with E-state index < -0.39 is 0 Å². The fourth-order valence-corrected chi connectivity index (χ4v) is 0.693. The van der Waals surface area contributed by atoms with Crippen LogP contribution in [0.25, 0.3) is 0 Å². The van der Waals surface area contributed by atoms with Gasteiger partial charge in [0.2, 0.25) is 0 Å². The fraction of sp³-hybridized carbons (Fsp3) is 0.444. The van der Waals surface area contributed by atoms with Crippen molar-refractivity contribution in [2.45, 2.75) is 26.7 Å². The summed E-state index contributed by atoms with van der Waals surface area (Å²) in [6.45, 7) is 7.15. The average molecular weight is 162 g/mol. The molecule has 1 heteroatoms. The van der Waals surface area contributed by atoms with E-state index in [0.29, 0.717) is 0 Å². The van der Waals surface area contributed by atoms with Crippen LogP contribution in [0, 0.1) is 13.0 Å². The first-order valence-electron chi connectivity index (χ1n) is 3.40. The Kier molecular flexibility index (Phi) is 13.0. The van der Waals surface area contributed by atoms with Crippen LogP contribution in [0.2, 0.25) is 0 Å². The van der Waals surface area contributed by atoms with Crippen molar-refractivity contribution in [3.63, 3.8) is 0 Å². The van der Waals surface area contributed by atoms with Crippen LogP contribution in [0.5, 0.6) is 0 Å². The molecule has 0 atom stereocenters. The molecule has 0 aromatic carbocycles. The quantitative estimate of drug-likeness (QED) is 0.410.